The van der Waals surface area contributed by atoms with E-state index in [-0.39, 0.29) is 5.91 Å². The third-order valence-electron chi connectivity index (χ3n) is 4.52. The molecule has 2 heterocycles. The summed E-state index contributed by atoms with van der Waals surface area (Å²) in [4.78, 5) is 19.4. The summed E-state index contributed by atoms with van der Waals surface area (Å²) in [5.41, 5.74) is 3.08. The number of hydrogen-bond acceptors (Lipinski definition) is 4. The van der Waals surface area contributed by atoms with Gasteiger partial charge in [-0.05, 0) is 42.0 Å². The fourth-order valence-corrected chi connectivity index (χ4v) is 3.05. The van der Waals surface area contributed by atoms with Crippen LogP contribution in [0.15, 0.2) is 102 Å². The summed E-state index contributed by atoms with van der Waals surface area (Å²) in [5, 5.41) is 3.27. The quantitative estimate of drug-likeness (QED) is 0.480. The van der Waals surface area contributed by atoms with E-state index in [1.165, 1.54) is 0 Å². The molecule has 29 heavy (non-hydrogen) atoms. The molecule has 1 amide bonds. The smallest absolute Gasteiger partial charge is 0.277 e. The third-order valence-corrected chi connectivity index (χ3v) is 4.52. The third kappa shape index (κ3) is 4.71. The van der Waals surface area contributed by atoms with E-state index in [1.807, 2.05) is 78.9 Å². The molecule has 144 valence electrons. The van der Waals surface area contributed by atoms with Gasteiger partial charge in [0.2, 0.25) is 0 Å². The Bertz CT molecular complexity index is 1050. The van der Waals surface area contributed by atoms with E-state index in [1.54, 1.807) is 23.4 Å². The maximum absolute atomic E-state index is 13.4. The maximum atomic E-state index is 13.4. The lowest BCUT2D eigenvalue weighted by Crippen LogP contribution is -2.31. The molecular weight excluding hydrogens is 362 g/mol. The van der Waals surface area contributed by atoms with Crippen LogP contribution in [0.2, 0.25) is 0 Å². The van der Waals surface area contributed by atoms with Gasteiger partial charge in [-0.25, -0.2) is 0 Å². The molecule has 1 N–H and O–H groups in total. The van der Waals surface area contributed by atoms with Gasteiger partial charge in [-0.2, -0.15) is 0 Å². The number of nitrogens with zero attached hydrogens (tertiary/aromatic N) is 2. The van der Waals surface area contributed by atoms with Crippen molar-refractivity contribution in [2.45, 2.75) is 13.1 Å². The molecule has 0 fully saturated rings. The SMILES string of the molecule is O=C(c1cc(NCc2ccco2)ccn1)N(Cc1ccccc1)c1ccccc1. The minimum atomic E-state index is -0.151. The Balaban J connectivity index is 1.57. The first kappa shape index (κ1) is 18.5. The highest BCUT2D eigenvalue weighted by molar-refractivity contribution is 6.05. The zero-order valence-corrected chi connectivity index (χ0v) is 15.9. The van der Waals surface area contributed by atoms with Crippen LogP contribution in [0, 0.1) is 0 Å². The van der Waals surface area contributed by atoms with Crippen molar-refractivity contribution in [1.29, 1.82) is 0 Å². The topological polar surface area (TPSA) is 58.4 Å². The van der Waals surface area contributed by atoms with Crippen molar-refractivity contribution in [3.63, 3.8) is 0 Å². The van der Waals surface area contributed by atoms with Gasteiger partial charge in [-0.3, -0.25) is 9.78 Å². The van der Waals surface area contributed by atoms with Crippen molar-refractivity contribution in [3.8, 4) is 0 Å². The number of hydrogen-bond donors (Lipinski definition) is 1. The number of rotatable bonds is 7. The first-order valence-electron chi connectivity index (χ1n) is 9.43. The van der Waals surface area contributed by atoms with E-state index in [0.717, 1.165) is 22.7 Å². The van der Waals surface area contributed by atoms with Crippen molar-refractivity contribution in [2.75, 3.05) is 10.2 Å². The average molecular weight is 383 g/mol. The molecule has 0 spiro atoms. The van der Waals surface area contributed by atoms with Gasteiger partial charge in [0.15, 0.2) is 0 Å². The number of carbonyl (C=O) groups is 1. The van der Waals surface area contributed by atoms with Crippen LogP contribution in [0.1, 0.15) is 21.8 Å². The number of aromatic nitrogens is 1. The van der Waals surface area contributed by atoms with Gasteiger partial charge in [0, 0.05) is 17.6 Å². The Kier molecular flexibility index (Phi) is 5.67. The molecule has 0 aliphatic heterocycles. The van der Waals surface area contributed by atoms with Crippen LogP contribution in [-0.2, 0) is 13.1 Å². The van der Waals surface area contributed by atoms with E-state index in [4.69, 9.17) is 4.42 Å². The van der Waals surface area contributed by atoms with Crippen LogP contribution >= 0.6 is 0 Å². The van der Waals surface area contributed by atoms with Crippen LogP contribution in [0.5, 0.6) is 0 Å². The van der Waals surface area contributed by atoms with Gasteiger partial charge in [-0.1, -0.05) is 48.5 Å². The number of benzene rings is 2. The minimum absolute atomic E-state index is 0.151. The summed E-state index contributed by atoms with van der Waals surface area (Å²) in [7, 11) is 0. The van der Waals surface area contributed by atoms with Gasteiger partial charge in [0.1, 0.15) is 11.5 Å². The normalized spacial score (nSPS) is 10.5. The zero-order chi connectivity index (χ0) is 19.9. The number of anilines is 2. The molecule has 0 saturated heterocycles. The average Bonchev–Trinajstić information content (AvgIpc) is 3.31. The number of pyridine rings is 1. The number of furan rings is 1. The predicted molar refractivity (Wildman–Crippen MR) is 114 cm³/mol. The number of amides is 1. The largest absolute Gasteiger partial charge is 0.467 e. The molecule has 5 nitrogen and oxygen atoms in total. The van der Waals surface area contributed by atoms with Crippen LogP contribution < -0.4 is 10.2 Å². The molecule has 4 rings (SSSR count). The lowest BCUT2D eigenvalue weighted by atomic mass is 10.1. The van der Waals surface area contributed by atoms with Crippen molar-refractivity contribution in [3.05, 3.63) is 114 Å². The molecule has 2 aromatic heterocycles. The molecule has 2 aromatic carbocycles. The van der Waals surface area contributed by atoms with E-state index >= 15 is 0 Å². The molecule has 0 aliphatic carbocycles. The maximum Gasteiger partial charge on any atom is 0.277 e. The Labute approximate surface area is 169 Å². The summed E-state index contributed by atoms with van der Waals surface area (Å²) in [6, 6.07) is 26.9. The van der Waals surface area contributed by atoms with E-state index in [2.05, 4.69) is 10.3 Å². The number of para-hydroxylation sites is 1. The Hall–Kier alpha value is -3.86. The molecule has 5 heteroatoms. The van der Waals surface area contributed by atoms with Crippen molar-refractivity contribution < 1.29 is 9.21 Å². The molecule has 0 radical (unpaired) electrons. The lowest BCUT2D eigenvalue weighted by Gasteiger charge is -2.23. The van der Waals surface area contributed by atoms with Gasteiger partial charge < -0.3 is 14.6 Å². The molecule has 0 atom stereocenters. The highest BCUT2D eigenvalue weighted by atomic mass is 16.3. The van der Waals surface area contributed by atoms with E-state index in [9.17, 15) is 4.79 Å². The number of carbonyl (C=O) groups excluding carboxylic acids is 1. The van der Waals surface area contributed by atoms with Gasteiger partial charge >= 0.3 is 0 Å². The summed E-state index contributed by atoms with van der Waals surface area (Å²) < 4.78 is 5.34. The Morgan fingerprint density at radius 1 is 0.931 bits per heavy atom. The fraction of sp³-hybridized carbons (Fsp3) is 0.0833. The van der Waals surface area contributed by atoms with Crippen molar-refractivity contribution in [2.24, 2.45) is 0 Å². The van der Waals surface area contributed by atoms with E-state index < -0.39 is 0 Å². The Morgan fingerprint density at radius 2 is 1.69 bits per heavy atom. The standard InChI is InChI=1S/C24H21N3O2/c28-24(23-16-20(13-14-25-23)26-17-22-12-7-15-29-22)27(21-10-5-2-6-11-21)18-19-8-3-1-4-9-19/h1-16H,17-18H2,(H,25,26). The number of nitrogens with one attached hydrogen (secondary N) is 1. The van der Waals surface area contributed by atoms with Gasteiger partial charge in [-0.15, -0.1) is 0 Å². The Morgan fingerprint density at radius 3 is 2.41 bits per heavy atom. The summed E-state index contributed by atoms with van der Waals surface area (Å²) in [6.07, 6.45) is 3.28. The summed E-state index contributed by atoms with van der Waals surface area (Å²) in [5.74, 6) is 0.673. The van der Waals surface area contributed by atoms with Crippen LogP contribution in [-0.4, -0.2) is 10.9 Å². The molecule has 0 aliphatic rings. The van der Waals surface area contributed by atoms with Crippen LogP contribution in [0.25, 0.3) is 0 Å². The van der Waals surface area contributed by atoms with Gasteiger partial charge in [0.05, 0.1) is 19.4 Å². The van der Waals surface area contributed by atoms with Crippen LogP contribution in [0.4, 0.5) is 11.4 Å². The van der Waals surface area contributed by atoms with Crippen LogP contribution in [0.3, 0.4) is 0 Å². The second-order valence-corrected chi connectivity index (χ2v) is 6.58. The molecule has 0 unspecified atom stereocenters. The monoisotopic (exact) mass is 383 g/mol. The molecule has 0 bridgehead atoms. The summed E-state index contributed by atoms with van der Waals surface area (Å²) in [6.45, 7) is 1.01. The predicted octanol–water partition coefficient (Wildman–Crippen LogP) is 5.13. The zero-order valence-electron chi connectivity index (χ0n) is 15.9. The highest BCUT2D eigenvalue weighted by Crippen LogP contribution is 2.21. The highest BCUT2D eigenvalue weighted by Gasteiger charge is 2.19. The summed E-state index contributed by atoms with van der Waals surface area (Å²) >= 11 is 0. The first-order chi connectivity index (χ1) is 14.3. The van der Waals surface area contributed by atoms with Gasteiger partial charge in [0.25, 0.3) is 5.91 Å². The second kappa shape index (κ2) is 8.89. The van der Waals surface area contributed by atoms with Crippen molar-refractivity contribution >= 4 is 17.3 Å². The lowest BCUT2D eigenvalue weighted by molar-refractivity contribution is 0.0980. The minimum Gasteiger partial charge on any atom is -0.467 e. The fourth-order valence-electron chi connectivity index (χ4n) is 3.05. The van der Waals surface area contributed by atoms with E-state index in [0.29, 0.717) is 18.8 Å². The van der Waals surface area contributed by atoms with Crippen molar-refractivity contribution in [1.82, 2.24) is 4.98 Å². The molecule has 4 aromatic rings. The first-order valence-corrected chi connectivity index (χ1v) is 9.43. The molecule has 0 saturated carbocycles. The molecular formula is C24H21N3O2. The second-order valence-electron chi connectivity index (χ2n) is 6.58.